The van der Waals surface area contributed by atoms with Crippen LogP contribution < -0.4 is 0 Å². The Morgan fingerprint density at radius 3 is 2.62 bits per heavy atom. The number of carbonyl (C=O) groups excluding carboxylic acids is 2. The van der Waals surface area contributed by atoms with Crippen molar-refractivity contribution in [1.29, 1.82) is 0 Å². The van der Waals surface area contributed by atoms with Crippen LogP contribution in [0.4, 0.5) is 4.79 Å². The molecule has 1 aliphatic rings. The van der Waals surface area contributed by atoms with Gasteiger partial charge in [0, 0.05) is 6.42 Å². The molecule has 1 aliphatic heterocycles. The molecule has 1 saturated heterocycles. The summed E-state index contributed by atoms with van der Waals surface area (Å²) < 4.78 is 5.39. The van der Waals surface area contributed by atoms with Crippen LogP contribution in [0.25, 0.3) is 0 Å². The molecule has 1 aromatic rings. The van der Waals surface area contributed by atoms with Crippen molar-refractivity contribution in [2.45, 2.75) is 52.2 Å². The summed E-state index contributed by atoms with van der Waals surface area (Å²) >= 11 is 0. The van der Waals surface area contributed by atoms with Gasteiger partial charge >= 0.3 is 6.09 Å². The summed E-state index contributed by atoms with van der Waals surface area (Å²) in [4.78, 5) is 25.6. The Hall–Kier alpha value is -1.84. The molecule has 3 atom stereocenters. The van der Waals surface area contributed by atoms with Crippen LogP contribution in [0.15, 0.2) is 30.3 Å². The molecule has 21 heavy (non-hydrogen) atoms. The van der Waals surface area contributed by atoms with Crippen LogP contribution in [0.2, 0.25) is 0 Å². The van der Waals surface area contributed by atoms with Gasteiger partial charge in [-0.15, -0.1) is 0 Å². The van der Waals surface area contributed by atoms with Crippen LogP contribution in [0.3, 0.4) is 0 Å². The van der Waals surface area contributed by atoms with E-state index in [-0.39, 0.29) is 18.1 Å². The number of amides is 2. The predicted molar refractivity (Wildman–Crippen MR) is 80.7 cm³/mol. The quantitative estimate of drug-likeness (QED) is 0.825. The topological polar surface area (TPSA) is 46.6 Å². The zero-order chi connectivity index (χ0) is 15.4. The van der Waals surface area contributed by atoms with Gasteiger partial charge in [0.05, 0.1) is 6.04 Å². The maximum atomic E-state index is 12.3. The molecule has 114 valence electrons. The first kappa shape index (κ1) is 15.5. The normalized spacial score (nSPS) is 23.0. The highest BCUT2D eigenvalue weighted by atomic mass is 16.6. The lowest BCUT2D eigenvalue weighted by molar-refractivity contribution is -0.129. The van der Waals surface area contributed by atoms with Gasteiger partial charge in [0.25, 0.3) is 0 Å². The summed E-state index contributed by atoms with van der Waals surface area (Å²) in [5.74, 6) is 0.360. The summed E-state index contributed by atoms with van der Waals surface area (Å²) in [6.45, 7) is 6.09. The van der Waals surface area contributed by atoms with Crippen molar-refractivity contribution in [3.05, 3.63) is 35.9 Å². The lowest BCUT2D eigenvalue weighted by Crippen LogP contribution is -2.37. The van der Waals surface area contributed by atoms with E-state index in [1.165, 1.54) is 4.90 Å². The first-order valence-corrected chi connectivity index (χ1v) is 7.62. The lowest BCUT2D eigenvalue weighted by Gasteiger charge is -2.20. The highest BCUT2D eigenvalue weighted by Crippen LogP contribution is 2.32. The van der Waals surface area contributed by atoms with Crippen LogP contribution in [0, 0.1) is 5.92 Å². The molecule has 0 bridgehead atoms. The fourth-order valence-corrected chi connectivity index (χ4v) is 2.58. The Morgan fingerprint density at radius 1 is 1.33 bits per heavy atom. The van der Waals surface area contributed by atoms with Gasteiger partial charge in [-0.25, -0.2) is 9.69 Å². The number of imide groups is 1. The molecule has 4 heteroatoms. The van der Waals surface area contributed by atoms with Crippen molar-refractivity contribution < 1.29 is 14.3 Å². The Labute approximate surface area is 126 Å². The number of carbonyl (C=O) groups is 2. The number of ether oxygens (including phenoxy) is 1. The highest BCUT2D eigenvalue weighted by Gasteiger charge is 2.42. The van der Waals surface area contributed by atoms with E-state index in [9.17, 15) is 9.59 Å². The molecule has 4 nitrogen and oxygen atoms in total. The minimum absolute atomic E-state index is 0.133. The molecule has 2 amide bonds. The third kappa shape index (κ3) is 3.43. The van der Waals surface area contributed by atoms with Crippen LogP contribution in [0.1, 0.15) is 51.7 Å². The SMILES string of the molecule is CC[C@@H](C)CCC(=O)N1C(=O)O[C@@H](c2ccccc2)[C@H]1C. The number of nitrogens with zero attached hydrogens (tertiary/aromatic N) is 1. The average molecular weight is 289 g/mol. The summed E-state index contributed by atoms with van der Waals surface area (Å²) in [6.07, 6.45) is 1.36. The van der Waals surface area contributed by atoms with Gasteiger partial charge in [0.2, 0.25) is 5.91 Å². The van der Waals surface area contributed by atoms with E-state index >= 15 is 0 Å². The molecule has 1 fully saturated rings. The molecule has 0 radical (unpaired) electrons. The van der Waals surface area contributed by atoms with Crippen molar-refractivity contribution in [2.75, 3.05) is 0 Å². The van der Waals surface area contributed by atoms with Crippen molar-refractivity contribution >= 4 is 12.0 Å². The average Bonchev–Trinajstić information content (AvgIpc) is 2.80. The Balaban J connectivity index is 2.04. The molecule has 1 aromatic carbocycles. The van der Waals surface area contributed by atoms with Crippen LogP contribution in [-0.4, -0.2) is 22.9 Å². The van der Waals surface area contributed by atoms with Crippen molar-refractivity contribution in [2.24, 2.45) is 5.92 Å². The fraction of sp³-hybridized carbons (Fsp3) is 0.529. The molecule has 2 rings (SSSR count). The van der Waals surface area contributed by atoms with Crippen molar-refractivity contribution in [1.82, 2.24) is 4.90 Å². The van der Waals surface area contributed by atoms with E-state index in [0.29, 0.717) is 12.3 Å². The van der Waals surface area contributed by atoms with Gasteiger partial charge in [-0.1, -0.05) is 50.6 Å². The maximum Gasteiger partial charge on any atom is 0.417 e. The summed E-state index contributed by atoms with van der Waals surface area (Å²) in [5, 5.41) is 0. The smallest absolute Gasteiger partial charge is 0.417 e. The second-order valence-electron chi connectivity index (χ2n) is 5.77. The number of hydrogen-bond acceptors (Lipinski definition) is 3. The van der Waals surface area contributed by atoms with Gasteiger partial charge in [-0.3, -0.25) is 4.79 Å². The van der Waals surface area contributed by atoms with E-state index in [2.05, 4.69) is 13.8 Å². The number of benzene rings is 1. The Morgan fingerprint density at radius 2 is 2.00 bits per heavy atom. The van der Waals surface area contributed by atoms with E-state index < -0.39 is 6.09 Å². The largest absolute Gasteiger partial charge is 0.439 e. The first-order chi connectivity index (χ1) is 10.0. The highest BCUT2D eigenvalue weighted by molar-refractivity contribution is 5.93. The molecule has 0 saturated carbocycles. The maximum absolute atomic E-state index is 12.3. The van der Waals surface area contributed by atoms with Gasteiger partial charge in [-0.2, -0.15) is 0 Å². The summed E-state index contributed by atoms with van der Waals surface area (Å²) in [7, 11) is 0. The number of rotatable bonds is 5. The molecular formula is C17H23NO3. The predicted octanol–water partition coefficient (Wildman–Crippen LogP) is 3.92. The second kappa shape index (κ2) is 6.74. The molecule has 0 spiro atoms. The monoisotopic (exact) mass is 289 g/mol. The van der Waals surface area contributed by atoms with Crippen LogP contribution in [-0.2, 0) is 9.53 Å². The molecule has 0 aliphatic carbocycles. The van der Waals surface area contributed by atoms with E-state index in [1.54, 1.807) is 0 Å². The van der Waals surface area contributed by atoms with Crippen LogP contribution >= 0.6 is 0 Å². The molecule has 0 N–H and O–H groups in total. The van der Waals surface area contributed by atoms with E-state index in [4.69, 9.17) is 4.74 Å². The van der Waals surface area contributed by atoms with Gasteiger partial charge in [0.1, 0.15) is 6.10 Å². The fourth-order valence-electron chi connectivity index (χ4n) is 2.58. The van der Waals surface area contributed by atoms with Crippen molar-refractivity contribution in [3.63, 3.8) is 0 Å². The van der Waals surface area contributed by atoms with Crippen molar-refractivity contribution in [3.8, 4) is 0 Å². The summed E-state index contributed by atoms with van der Waals surface area (Å²) in [6, 6.07) is 9.31. The zero-order valence-electron chi connectivity index (χ0n) is 12.9. The molecular weight excluding hydrogens is 266 g/mol. The van der Waals surface area contributed by atoms with Crippen LogP contribution in [0.5, 0.6) is 0 Å². The second-order valence-corrected chi connectivity index (χ2v) is 5.77. The van der Waals surface area contributed by atoms with Gasteiger partial charge < -0.3 is 4.74 Å². The standard InChI is InChI=1S/C17H23NO3/c1-4-12(2)10-11-15(19)18-13(3)16(21-17(18)20)14-8-6-5-7-9-14/h5-9,12-13,16H,4,10-11H2,1-3H3/t12-,13-,16-/m1/s1. The summed E-state index contributed by atoms with van der Waals surface area (Å²) in [5.41, 5.74) is 0.926. The number of hydrogen-bond donors (Lipinski definition) is 0. The Kier molecular flexibility index (Phi) is 4.99. The number of cyclic esters (lactones) is 1. The third-order valence-electron chi connectivity index (χ3n) is 4.21. The molecule has 0 unspecified atom stereocenters. The van der Waals surface area contributed by atoms with E-state index in [1.807, 2.05) is 37.3 Å². The minimum Gasteiger partial charge on any atom is -0.439 e. The third-order valence-corrected chi connectivity index (χ3v) is 4.21. The first-order valence-electron chi connectivity index (χ1n) is 7.62. The van der Waals surface area contributed by atoms with Gasteiger partial charge in [-0.05, 0) is 24.8 Å². The molecule has 0 aromatic heterocycles. The Bertz CT molecular complexity index is 500. The minimum atomic E-state index is -0.523. The van der Waals surface area contributed by atoms with E-state index in [0.717, 1.165) is 18.4 Å². The zero-order valence-corrected chi connectivity index (χ0v) is 12.9. The van der Waals surface area contributed by atoms with Gasteiger partial charge in [0.15, 0.2) is 0 Å². The molecule has 1 heterocycles. The lowest BCUT2D eigenvalue weighted by atomic mass is 10.0.